The number of halogens is 1. The number of nitrogens with zero attached hydrogens (tertiary/aromatic N) is 2. The Hall–Kier alpha value is -1.14. The minimum absolute atomic E-state index is 0.226. The first-order chi connectivity index (χ1) is 8.41. The van der Waals surface area contributed by atoms with Gasteiger partial charge in [-0.3, -0.25) is 0 Å². The van der Waals surface area contributed by atoms with E-state index in [9.17, 15) is 8.42 Å². The molecule has 0 amide bonds. The maximum Gasteiger partial charge on any atom is 0.178 e. The highest BCUT2D eigenvalue weighted by molar-refractivity contribution is 9.08. The van der Waals surface area contributed by atoms with E-state index in [4.69, 9.17) is 0 Å². The van der Waals surface area contributed by atoms with Crippen molar-refractivity contribution in [2.24, 2.45) is 0 Å². The van der Waals surface area contributed by atoms with E-state index in [2.05, 4.69) is 21.0 Å². The van der Waals surface area contributed by atoms with Crippen molar-refractivity contribution in [3.63, 3.8) is 0 Å². The lowest BCUT2D eigenvalue weighted by Crippen LogP contribution is -2.00. The first-order valence-electron chi connectivity index (χ1n) is 5.32. The number of aryl methyl sites for hydroxylation is 1. The van der Waals surface area contributed by atoms with Gasteiger partial charge in [0.2, 0.25) is 0 Å². The van der Waals surface area contributed by atoms with Crippen LogP contribution >= 0.6 is 15.9 Å². The molecule has 18 heavy (non-hydrogen) atoms. The van der Waals surface area contributed by atoms with Gasteiger partial charge >= 0.3 is 0 Å². The molecule has 2 aromatic rings. The van der Waals surface area contributed by atoms with Gasteiger partial charge < -0.3 is 0 Å². The summed E-state index contributed by atoms with van der Waals surface area (Å²) in [6.45, 7) is 2.01. The monoisotopic (exact) mass is 328 g/mol. The van der Waals surface area contributed by atoms with Crippen LogP contribution in [0.25, 0.3) is 5.69 Å². The quantitative estimate of drug-likeness (QED) is 0.813. The molecule has 0 spiro atoms. The van der Waals surface area contributed by atoms with E-state index in [0.717, 1.165) is 16.8 Å². The van der Waals surface area contributed by atoms with Crippen LogP contribution in [0, 0.1) is 6.92 Å². The molecule has 1 heterocycles. The largest absolute Gasteiger partial charge is 0.239 e. The van der Waals surface area contributed by atoms with E-state index >= 15 is 0 Å². The number of hydrogen-bond donors (Lipinski definition) is 0. The van der Waals surface area contributed by atoms with E-state index in [1.807, 2.05) is 25.1 Å². The Morgan fingerprint density at radius 2 is 2.11 bits per heavy atom. The molecule has 6 heteroatoms. The Balaban J connectivity index is 2.53. The third kappa shape index (κ3) is 2.64. The Morgan fingerprint density at radius 1 is 1.39 bits per heavy atom. The van der Waals surface area contributed by atoms with Crippen LogP contribution < -0.4 is 0 Å². The van der Waals surface area contributed by atoms with Gasteiger partial charge in [0.1, 0.15) is 4.90 Å². The zero-order valence-electron chi connectivity index (χ0n) is 10.1. The number of aromatic nitrogens is 2. The molecule has 0 bridgehead atoms. The molecule has 0 saturated heterocycles. The smallest absolute Gasteiger partial charge is 0.178 e. The molecule has 0 aliphatic heterocycles. The highest BCUT2D eigenvalue weighted by Crippen LogP contribution is 2.20. The minimum Gasteiger partial charge on any atom is -0.239 e. The average Bonchev–Trinajstić information content (AvgIpc) is 2.77. The van der Waals surface area contributed by atoms with Gasteiger partial charge in [-0.2, -0.15) is 5.10 Å². The number of alkyl halides is 1. The summed E-state index contributed by atoms with van der Waals surface area (Å²) in [5, 5.41) is 4.80. The molecule has 1 aromatic heterocycles. The summed E-state index contributed by atoms with van der Waals surface area (Å²) in [5.41, 5.74) is 3.11. The van der Waals surface area contributed by atoms with E-state index in [1.165, 1.54) is 18.6 Å². The van der Waals surface area contributed by atoms with Crippen molar-refractivity contribution in [1.29, 1.82) is 0 Å². The Morgan fingerprint density at radius 3 is 2.67 bits per heavy atom. The Labute approximate surface area is 115 Å². The van der Waals surface area contributed by atoms with E-state index in [0.29, 0.717) is 5.33 Å². The highest BCUT2D eigenvalue weighted by atomic mass is 79.9. The highest BCUT2D eigenvalue weighted by Gasteiger charge is 2.12. The van der Waals surface area contributed by atoms with Gasteiger partial charge in [-0.25, -0.2) is 13.1 Å². The maximum absolute atomic E-state index is 11.4. The van der Waals surface area contributed by atoms with Crippen molar-refractivity contribution in [1.82, 2.24) is 9.78 Å². The second-order valence-corrected chi connectivity index (χ2v) is 6.74. The maximum atomic E-state index is 11.4. The fourth-order valence-corrected chi connectivity index (χ4v) is 2.65. The van der Waals surface area contributed by atoms with Gasteiger partial charge in [-0.05, 0) is 18.6 Å². The molecule has 0 atom stereocenters. The molecule has 0 saturated carbocycles. The molecule has 0 N–H and O–H groups in total. The fraction of sp³-hybridized carbons (Fsp3) is 0.250. The van der Waals surface area contributed by atoms with Crippen molar-refractivity contribution in [3.8, 4) is 5.69 Å². The van der Waals surface area contributed by atoms with Crippen LogP contribution in [0.1, 0.15) is 11.1 Å². The normalized spacial score (nSPS) is 11.7. The van der Waals surface area contributed by atoms with E-state index < -0.39 is 9.84 Å². The van der Waals surface area contributed by atoms with Gasteiger partial charge in [-0.15, -0.1) is 0 Å². The van der Waals surface area contributed by atoms with Crippen molar-refractivity contribution in [3.05, 3.63) is 41.7 Å². The Kier molecular flexibility index (Phi) is 3.59. The number of benzene rings is 1. The summed E-state index contributed by atoms with van der Waals surface area (Å²) < 4.78 is 24.4. The first kappa shape index (κ1) is 13.3. The summed E-state index contributed by atoms with van der Waals surface area (Å²) in [7, 11) is -3.21. The molecule has 0 unspecified atom stereocenters. The molecule has 2 rings (SSSR count). The summed E-state index contributed by atoms with van der Waals surface area (Å²) in [6.07, 6.45) is 4.08. The predicted octanol–water partition coefficient (Wildman–Crippen LogP) is 2.48. The number of rotatable bonds is 3. The molecule has 0 aliphatic carbocycles. The standard InChI is InChI=1S/C12H13BrN2O2S/c1-9-3-4-12(10(5-9)6-13)15-8-11(7-14-15)18(2,16)17/h3-5,7-8H,6H2,1-2H3. The molecular formula is C12H13BrN2O2S. The predicted molar refractivity (Wildman–Crippen MR) is 74.0 cm³/mol. The van der Waals surface area contributed by atoms with Crippen molar-refractivity contribution in [2.45, 2.75) is 17.1 Å². The van der Waals surface area contributed by atoms with E-state index in [1.54, 1.807) is 4.68 Å². The zero-order chi connectivity index (χ0) is 13.3. The van der Waals surface area contributed by atoms with Crippen LogP contribution in [-0.2, 0) is 15.2 Å². The third-order valence-corrected chi connectivity index (χ3v) is 4.28. The number of sulfone groups is 1. The molecular weight excluding hydrogens is 316 g/mol. The van der Waals surface area contributed by atoms with Crippen LogP contribution in [0.3, 0.4) is 0 Å². The molecule has 0 fully saturated rings. The van der Waals surface area contributed by atoms with Crippen LogP contribution in [0.5, 0.6) is 0 Å². The van der Waals surface area contributed by atoms with Gasteiger partial charge in [0.25, 0.3) is 0 Å². The second-order valence-electron chi connectivity index (χ2n) is 4.16. The van der Waals surface area contributed by atoms with Gasteiger partial charge in [-0.1, -0.05) is 33.6 Å². The molecule has 1 aromatic carbocycles. The topological polar surface area (TPSA) is 52.0 Å². The van der Waals surface area contributed by atoms with Gasteiger partial charge in [0.05, 0.1) is 11.9 Å². The average molecular weight is 329 g/mol. The minimum atomic E-state index is -3.21. The van der Waals surface area contributed by atoms with Crippen LogP contribution in [0.2, 0.25) is 0 Å². The molecule has 0 radical (unpaired) electrons. The van der Waals surface area contributed by atoms with Crippen molar-refractivity contribution >= 4 is 25.8 Å². The van der Waals surface area contributed by atoms with Crippen LogP contribution in [0.15, 0.2) is 35.5 Å². The van der Waals surface area contributed by atoms with Gasteiger partial charge in [0, 0.05) is 17.8 Å². The fourth-order valence-electron chi connectivity index (χ4n) is 1.67. The third-order valence-electron chi connectivity index (χ3n) is 2.61. The SMILES string of the molecule is Cc1ccc(-n2cc(S(C)(=O)=O)cn2)c(CBr)c1. The first-order valence-corrected chi connectivity index (χ1v) is 8.33. The lowest BCUT2D eigenvalue weighted by molar-refractivity contribution is 0.602. The van der Waals surface area contributed by atoms with Crippen molar-refractivity contribution in [2.75, 3.05) is 6.26 Å². The summed E-state index contributed by atoms with van der Waals surface area (Å²) >= 11 is 3.43. The van der Waals surface area contributed by atoms with Gasteiger partial charge in [0.15, 0.2) is 9.84 Å². The van der Waals surface area contributed by atoms with Crippen LogP contribution in [0.4, 0.5) is 0 Å². The van der Waals surface area contributed by atoms with Crippen molar-refractivity contribution < 1.29 is 8.42 Å². The van der Waals surface area contributed by atoms with Crippen LogP contribution in [-0.4, -0.2) is 24.5 Å². The lowest BCUT2D eigenvalue weighted by atomic mass is 10.1. The Bertz CT molecular complexity index is 677. The summed E-state index contributed by atoms with van der Waals surface area (Å²) in [4.78, 5) is 0.226. The van der Waals surface area contributed by atoms with E-state index in [-0.39, 0.29) is 4.90 Å². The summed E-state index contributed by atoms with van der Waals surface area (Å²) in [5.74, 6) is 0. The summed E-state index contributed by atoms with van der Waals surface area (Å²) in [6, 6.07) is 5.96. The lowest BCUT2D eigenvalue weighted by Gasteiger charge is -2.08. The number of hydrogen-bond acceptors (Lipinski definition) is 3. The molecule has 96 valence electrons. The second kappa shape index (κ2) is 4.85. The molecule has 0 aliphatic rings. The molecule has 4 nitrogen and oxygen atoms in total. The zero-order valence-corrected chi connectivity index (χ0v) is 12.5.